The predicted molar refractivity (Wildman–Crippen MR) is 69.6 cm³/mol. The smallest absolute Gasteiger partial charge is 0.307 e. The largest absolute Gasteiger partial charge is 0.481 e. The summed E-state index contributed by atoms with van der Waals surface area (Å²) in [6, 6.07) is 9.13. The first-order valence-corrected chi connectivity index (χ1v) is 6.03. The van der Waals surface area contributed by atoms with Crippen LogP contribution in [-0.4, -0.2) is 22.2 Å². The molecular formula is C14H20O4. The van der Waals surface area contributed by atoms with Crippen molar-refractivity contribution in [1.82, 2.24) is 0 Å². The highest BCUT2D eigenvalue weighted by Crippen LogP contribution is 1.98. The van der Waals surface area contributed by atoms with Crippen LogP contribution in [0.2, 0.25) is 0 Å². The van der Waals surface area contributed by atoms with E-state index < -0.39 is 11.9 Å². The zero-order chi connectivity index (χ0) is 13.8. The van der Waals surface area contributed by atoms with E-state index in [1.165, 1.54) is 0 Å². The minimum Gasteiger partial charge on any atom is -0.481 e. The highest BCUT2D eigenvalue weighted by molar-refractivity contribution is 5.70. The van der Waals surface area contributed by atoms with Crippen molar-refractivity contribution in [3.05, 3.63) is 35.9 Å². The van der Waals surface area contributed by atoms with E-state index in [2.05, 4.69) is 6.92 Å². The van der Waals surface area contributed by atoms with E-state index in [0.717, 1.165) is 24.8 Å². The van der Waals surface area contributed by atoms with Gasteiger partial charge in [-0.25, -0.2) is 0 Å². The second-order valence-corrected chi connectivity index (χ2v) is 3.91. The maximum absolute atomic E-state index is 10.2. The van der Waals surface area contributed by atoms with Crippen LogP contribution in [0.3, 0.4) is 0 Å². The molecule has 4 nitrogen and oxygen atoms in total. The molecule has 0 saturated heterocycles. The van der Waals surface area contributed by atoms with Gasteiger partial charge >= 0.3 is 11.9 Å². The van der Waals surface area contributed by atoms with E-state index in [9.17, 15) is 9.59 Å². The number of aliphatic carboxylic acids is 2. The first-order chi connectivity index (χ1) is 8.56. The molecule has 0 aromatic heterocycles. The molecule has 0 saturated carbocycles. The number of rotatable bonds is 6. The van der Waals surface area contributed by atoms with Gasteiger partial charge in [0.05, 0.1) is 6.42 Å². The molecule has 0 aliphatic carbocycles. The lowest BCUT2D eigenvalue weighted by atomic mass is 10.2. The molecule has 0 atom stereocenters. The summed E-state index contributed by atoms with van der Waals surface area (Å²) in [5.74, 6) is -1.47. The Morgan fingerprint density at radius 1 is 1.00 bits per heavy atom. The minimum absolute atomic E-state index is 0.112. The maximum atomic E-state index is 10.2. The molecule has 18 heavy (non-hydrogen) atoms. The molecule has 0 aliphatic rings. The molecule has 0 amide bonds. The van der Waals surface area contributed by atoms with Gasteiger partial charge in [0.15, 0.2) is 0 Å². The van der Waals surface area contributed by atoms with Crippen LogP contribution in [0, 0.1) is 0 Å². The molecule has 0 heterocycles. The van der Waals surface area contributed by atoms with E-state index in [0.29, 0.717) is 6.42 Å². The van der Waals surface area contributed by atoms with Crippen LogP contribution in [-0.2, 0) is 16.0 Å². The van der Waals surface area contributed by atoms with Crippen molar-refractivity contribution < 1.29 is 19.8 Å². The first-order valence-electron chi connectivity index (χ1n) is 6.03. The Labute approximate surface area is 107 Å². The van der Waals surface area contributed by atoms with Crippen LogP contribution >= 0.6 is 0 Å². The number of carboxylic acids is 2. The normalized spacial score (nSPS) is 9.17. The van der Waals surface area contributed by atoms with Crippen molar-refractivity contribution in [2.24, 2.45) is 0 Å². The van der Waals surface area contributed by atoms with Crippen molar-refractivity contribution >= 4 is 11.9 Å². The Bertz CT molecular complexity index is 346. The lowest BCUT2D eigenvalue weighted by Gasteiger charge is -1.92. The van der Waals surface area contributed by atoms with E-state index >= 15 is 0 Å². The summed E-state index contributed by atoms with van der Waals surface area (Å²) in [6.45, 7) is 2.06. The predicted octanol–water partition coefficient (Wildman–Crippen LogP) is 2.97. The molecule has 0 fully saturated rings. The standard InChI is InChI=1S/C8H8O2.C6H12O2/c9-8(10)6-7-4-2-1-3-5-7;1-2-3-4-5-6(7)8/h1-5H,6H2,(H,9,10);2-5H2,1H3,(H,7,8). The van der Waals surface area contributed by atoms with Crippen molar-refractivity contribution in [1.29, 1.82) is 0 Å². The van der Waals surface area contributed by atoms with Gasteiger partial charge in [0.2, 0.25) is 0 Å². The highest BCUT2D eigenvalue weighted by Gasteiger charge is 1.96. The van der Waals surface area contributed by atoms with Gasteiger partial charge < -0.3 is 10.2 Å². The quantitative estimate of drug-likeness (QED) is 0.763. The molecule has 0 unspecified atom stereocenters. The number of benzene rings is 1. The van der Waals surface area contributed by atoms with Crippen LogP contribution < -0.4 is 0 Å². The number of hydrogen-bond donors (Lipinski definition) is 2. The summed E-state index contributed by atoms with van der Waals surface area (Å²) in [7, 11) is 0. The lowest BCUT2D eigenvalue weighted by Crippen LogP contribution is -1.98. The summed E-state index contributed by atoms with van der Waals surface area (Å²) in [5, 5.41) is 16.5. The van der Waals surface area contributed by atoms with Gasteiger partial charge in [0.1, 0.15) is 0 Å². The Morgan fingerprint density at radius 3 is 2.06 bits per heavy atom. The monoisotopic (exact) mass is 252 g/mol. The van der Waals surface area contributed by atoms with E-state index in [1.807, 2.05) is 18.2 Å². The fourth-order valence-electron chi connectivity index (χ4n) is 1.30. The van der Waals surface area contributed by atoms with Crippen LogP contribution in [0.15, 0.2) is 30.3 Å². The van der Waals surface area contributed by atoms with Gasteiger partial charge in [-0.2, -0.15) is 0 Å². The zero-order valence-corrected chi connectivity index (χ0v) is 10.6. The van der Waals surface area contributed by atoms with Crippen LogP contribution in [0.5, 0.6) is 0 Å². The van der Waals surface area contributed by atoms with Gasteiger partial charge in [0.25, 0.3) is 0 Å². The van der Waals surface area contributed by atoms with Gasteiger partial charge in [-0.1, -0.05) is 50.1 Å². The number of carbonyl (C=O) groups is 2. The minimum atomic E-state index is -0.786. The van der Waals surface area contributed by atoms with E-state index in [1.54, 1.807) is 12.1 Å². The number of carboxylic acid groups (broad SMARTS) is 2. The van der Waals surface area contributed by atoms with Gasteiger partial charge in [-0.3, -0.25) is 9.59 Å². The molecule has 100 valence electrons. The molecule has 1 rings (SSSR count). The highest BCUT2D eigenvalue weighted by atomic mass is 16.4. The van der Waals surface area contributed by atoms with Gasteiger partial charge in [-0.15, -0.1) is 0 Å². The summed E-state index contributed by atoms with van der Waals surface area (Å²) < 4.78 is 0. The van der Waals surface area contributed by atoms with Crippen LogP contribution in [0.25, 0.3) is 0 Å². The molecule has 0 radical (unpaired) electrons. The van der Waals surface area contributed by atoms with Crippen LogP contribution in [0.4, 0.5) is 0 Å². The third-order valence-corrected chi connectivity index (χ3v) is 2.19. The van der Waals surface area contributed by atoms with Gasteiger partial charge in [-0.05, 0) is 12.0 Å². The maximum Gasteiger partial charge on any atom is 0.307 e. The Morgan fingerprint density at radius 2 is 1.61 bits per heavy atom. The zero-order valence-electron chi connectivity index (χ0n) is 10.6. The third-order valence-electron chi connectivity index (χ3n) is 2.19. The topological polar surface area (TPSA) is 74.6 Å². The summed E-state index contributed by atoms with van der Waals surface area (Å²) in [6.07, 6.45) is 3.39. The SMILES string of the molecule is CCCCCC(=O)O.O=C(O)Cc1ccccc1. The van der Waals surface area contributed by atoms with Gasteiger partial charge in [0, 0.05) is 6.42 Å². The fourth-order valence-corrected chi connectivity index (χ4v) is 1.30. The van der Waals surface area contributed by atoms with Crippen LogP contribution in [0.1, 0.15) is 38.2 Å². The summed E-state index contributed by atoms with van der Waals surface area (Å²) in [5.41, 5.74) is 0.843. The summed E-state index contributed by atoms with van der Waals surface area (Å²) >= 11 is 0. The van der Waals surface area contributed by atoms with E-state index in [4.69, 9.17) is 10.2 Å². The Balaban J connectivity index is 0.000000331. The molecular weight excluding hydrogens is 232 g/mol. The number of hydrogen-bond acceptors (Lipinski definition) is 2. The average molecular weight is 252 g/mol. The first kappa shape index (κ1) is 16.2. The van der Waals surface area contributed by atoms with Crippen molar-refractivity contribution in [3.8, 4) is 0 Å². The Hall–Kier alpha value is -1.84. The Kier molecular flexibility index (Phi) is 9.27. The van der Waals surface area contributed by atoms with E-state index in [-0.39, 0.29) is 6.42 Å². The molecule has 2 N–H and O–H groups in total. The third kappa shape index (κ3) is 10.7. The molecule has 0 spiro atoms. The van der Waals surface area contributed by atoms with Crippen molar-refractivity contribution in [2.45, 2.75) is 39.0 Å². The molecule has 1 aromatic carbocycles. The number of unbranched alkanes of at least 4 members (excludes halogenated alkanes) is 2. The fraction of sp³-hybridized carbons (Fsp3) is 0.429. The van der Waals surface area contributed by atoms with Crippen molar-refractivity contribution in [2.75, 3.05) is 0 Å². The molecule has 1 aromatic rings. The lowest BCUT2D eigenvalue weighted by molar-refractivity contribution is -0.137. The second kappa shape index (κ2) is 10.3. The summed E-state index contributed by atoms with van der Waals surface area (Å²) in [4.78, 5) is 20.0. The molecule has 0 aliphatic heterocycles. The average Bonchev–Trinajstić information content (AvgIpc) is 2.30. The molecule has 4 heteroatoms. The molecule has 0 bridgehead atoms. The second-order valence-electron chi connectivity index (χ2n) is 3.91. The van der Waals surface area contributed by atoms with Crippen molar-refractivity contribution in [3.63, 3.8) is 0 Å².